The van der Waals surface area contributed by atoms with E-state index < -0.39 is 0 Å². The van der Waals surface area contributed by atoms with Crippen molar-refractivity contribution in [2.45, 2.75) is 6.92 Å². The first-order chi connectivity index (χ1) is 12.0. The summed E-state index contributed by atoms with van der Waals surface area (Å²) in [4.78, 5) is 27.9. The van der Waals surface area contributed by atoms with Gasteiger partial charge in [-0.25, -0.2) is 0 Å². The molecule has 1 aromatic carbocycles. The molecule has 1 saturated heterocycles. The van der Waals surface area contributed by atoms with Gasteiger partial charge in [0.25, 0.3) is 11.8 Å². The fraction of sp³-hybridized carbons (Fsp3) is 0.333. The third-order valence-corrected chi connectivity index (χ3v) is 4.57. The van der Waals surface area contributed by atoms with E-state index in [-0.39, 0.29) is 18.4 Å². The number of nitrogens with zero attached hydrogens (tertiary/aromatic N) is 2. The highest BCUT2D eigenvalue weighted by atomic mass is 35.5. The van der Waals surface area contributed by atoms with Crippen molar-refractivity contribution in [1.82, 2.24) is 9.80 Å². The zero-order valence-corrected chi connectivity index (χ0v) is 14.7. The maximum absolute atomic E-state index is 12.3. The molecule has 0 saturated carbocycles. The van der Waals surface area contributed by atoms with Crippen LogP contribution in [0.3, 0.4) is 0 Å². The van der Waals surface area contributed by atoms with Crippen molar-refractivity contribution in [2.24, 2.45) is 0 Å². The average Bonchev–Trinajstić information content (AvgIpc) is 3.16. The number of amides is 2. The monoisotopic (exact) mass is 362 g/mol. The van der Waals surface area contributed by atoms with Crippen LogP contribution in [0, 0.1) is 6.92 Å². The fourth-order valence-corrected chi connectivity index (χ4v) is 2.78. The number of halogens is 1. The lowest BCUT2D eigenvalue weighted by Gasteiger charge is -2.34. The zero-order chi connectivity index (χ0) is 17.8. The van der Waals surface area contributed by atoms with Crippen LogP contribution in [0.5, 0.6) is 5.75 Å². The van der Waals surface area contributed by atoms with Crippen LogP contribution in [0.25, 0.3) is 0 Å². The number of furan rings is 1. The molecule has 0 atom stereocenters. The summed E-state index contributed by atoms with van der Waals surface area (Å²) >= 11 is 5.97. The van der Waals surface area contributed by atoms with Crippen LogP contribution in [0.4, 0.5) is 0 Å². The first-order valence-corrected chi connectivity index (χ1v) is 8.42. The lowest BCUT2D eigenvalue weighted by molar-refractivity contribution is -0.134. The van der Waals surface area contributed by atoms with Crippen molar-refractivity contribution in [3.63, 3.8) is 0 Å². The fourth-order valence-electron chi connectivity index (χ4n) is 2.66. The van der Waals surface area contributed by atoms with Crippen molar-refractivity contribution in [3.05, 3.63) is 52.9 Å². The second kappa shape index (κ2) is 7.61. The van der Waals surface area contributed by atoms with Crippen LogP contribution < -0.4 is 4.74 Å². The van der Waals surface area contributed by atoms with Crippen molar-refractivity contribution >= 4 is 23.4 Å². The van der Waals surface area contributed by atoms with E-state index in [0.717, 1.165) is 5.56 Å². The predicted molar refractivity (Wildman–Crippen MR) is 92.9 cm³/mol. The molecule has 0 spiro atoms. The second-order valence-electron chi connectivity index (χ2n) is 5.85. The van der Waals surface area contributed by atoms with Crippen LogP contribution >= 0.6 is 11.6 Å². The van der Waals surface area contributed by atoms with Gasteiger partial charge in [0.15, 0.2) is 12.4 Å². The number of hydrogen-bond acceptors (Lipinski definition) is 4. The summed E-state index contributed by atoms with van der Waals surface area (Å²) in [6.07, 6.45) is 1.48. The highest BCUT2D eigenvalue weighted by Crippen LogP contribution is 2.21. The predicted octanol–water partition coefficient (Wildman–Crippen LogP) is 2.60. The Morgan fingerprint density at radius 1 is 1.16 bits per heavy atom. The summed E-state index contributed by atoms with van der Waals surface area (Å²) in [7, 11) is 0. The molecule has 1 aliphatic rings. The van der Waals surface area contributed by atoms with Gasteiger partial charge < -0.3 is 19.0 Å². The zero-order valence-electron chi connectivity index (χ0n) is 13.9. The molecule has 0 bridgehead atoms. The summed E-state index contributed by atoms with van der Waals surface area (Å²) in [6, 6.07) is 8.61. The molecule has 1 aromatic heterocycles. The van der Waals surface area contributed by atoms with Gasteiger partial charge in [0.05, 0.1) is 6.26 Å². The van der Waals surface area contributed by atoms with E-state index in [2.05, 4.69) is 0 Å². The normalized spacial score (nSPS) is 14.5. The number of aryl methyl sites for hydroxylation is 1. The maximum atomic E-state index is 12.3. The summed E-state index contributed by atoms with van der Waals surface area (Å²) in [5, 5.41) is 0.663. The van der Waals surface area contributed by atoms with Gasteiger partial charge >= 0.3 is 0 Å². The van der Waals surface area contributed by atoms with Crippen LogP contribution in [-0.4, -0.2) is 54.4 Å². The molecule has 2 aromatic rings. The van der Waals surface area contributed by atoms with E-state index in [4.69, 9.17) is 20.8 Å². The van der Waals surface area contributed by atoms with Gasteiger partial charge in [0.1, 0.15) is 5.75 Å². The van der Waals surface area contributed by atoms with E-state index in [1.54, 1.807) is 40.1 Å². The Balaban J connectivity index is 1.48. The molecule has 0 radical (unpaired) electrons. The minimum absolute atomic E-state index is 0.0345. The van der Waals surface area contributed by atoms with Crippen LogP contribution in [0.15, 0.2) is 41.0 Å². The first-order valence-electron chi connectivity index (χ1n) is 8.04. The van der Waals surface area contributed by atoms with Gasteiger partial charge in [0, 0.05) is 31.2 Å². The second-order valence-corrected chi connectivity index (χ2v) is 6.26. The van der Waals surface area contributed by atoms with E-state index >= 15 is 0 Å². The molecule has 7 heteroatoms. The standard InChI is InChI=1S/C18H19ClN2O4/c1-13-11-14(4-5-15(13)19)25-12-17(22)20-6-8-21(9-7-20)18(23)16-3-2-10-24-16/h2-5,10-11H,6-9,12H2,1H3. The summed E-state index contributed by atoms with van der Waals surface area (Å²) in [5.74, 6) is 0.686. The van der Waals surface area contributed by atoms with E-state index in [9.17, 15) is 9.59 Å². The van der Waals surface area contributed by atoms with E-state index in [0.29, 0.717) is 42.7 Å². The third kappa shape index (κ3) is 4.14. The molecular weight excluding hydrogens is 344 g/mol. The van der Waals surface area contributed by atoms with E-state index in [1.807, 2.05) is 6.92 Å². The molecule has 0 N–H and O–H groups in total. The smallest absolute Gasteiger partial charge is 0.289 e. The van der Waals surface area contributed by atoms with Gasteiger partial charge in [-0.15, -0.1) is 0 Å². The molecular formula is C18H19ClN2O4. The number of ether oxygens (including phenoxy) is 1. The van der Waals surface area contributed by atoms with E-state index in [1.165, 1.54) is 6.26 Å². The number of rotatable bonds is 4. The van der Waals surface area contributed by atoms with Gasteiger partial charge in [-0.05, 0) is 42.8 Å². The van der Waals surface area contributed by atoms with Crippen LogP contribution in [0.2, 0.25) is 5.02 Å². The summed E-state index contributed by atoms with van der Waals surface area (Å²) in [5.41, 5.74) is 0.900. The molecule has 1 aliphatic heterocycles. The van der Waals surface area contributed by atoms with Crippen molar-refractivity contribution in [1.29, 1.82) is 0 Å². The maximum Gasteiger partial charge on any atom is 0.289 e. The number of piperazine rings is 1. The lowest BCUT2D eigenvalue weighted by Crippen LogP contribution is -2.51. The molecule has 2 heterocycles. The minimum atomic E-state index is -0.148. The summed E-state index contributed by atoms with van der Waals surface area (Å²) in [6.45, 7) is 3.76. The molecule has 132 valence electrons. The Labute approximate surface area is 150 Å². The Hall–Kier alpha value is -2.47. The average molecular weight is 363 g/mol. The largest absolute Gasteiger partial charge is 0.484 e. The topological polar surface area (TPSA) is 63.0 Å². The molecule has 25 heavy (non-hydrogen) atoms. The SMILES string of the molecule is Cc1cc(OCC(=O)N2CCN(C(=O)c3ccco3)CC2)ccc1Cl. The third-order valence-electron chi connectivity index (χ3n) is 4.14. The number of carbonyl (C=O) groups is 2. The van der Waals surface area contributed by atoms with Crippen LogP contribution in [0.1, 0.15) is 16.1 Å². The molecule has 3 rings (SSSR count). The highest BCUT2D eigenvalue weighted by molar-refractivity contribution is 6.31. The minimum Gasteiger partial charge on any atom is -0.484 e. The first kappa shape index (κ1) is 17.4. The van der Waals surface area contributed by atoms with Crippen molar-refractivity contribution in [3.8, 4) is 5.75 Å². The molecule has 0 aliphatic carbocycles. The Morgan fingerprint density at radius 2 is 1.88 bits per heavy atom. The Bertz CT molecular complexity index is 752. The highest BCUT2D eigenvalue weighted by Gasteiger charge is 2.26. The van der Waals surface area contributed by atoms with Gasteiger partial charge in [-0.3, -0.25) is 9.59 Å². The lowest BCUT2D eigenvalue weighted by atomic mass is 10.2. The summed E-state index contributed by atoms with van der Waals surface area (Å²) < 4.78 is 10.7. The molecule has 6 nitrogen and oxygen atoms in total. The van der Waals surface area contributed by atoms with Gasteiger partial charge in [0.2, 0.25) is 0 Å². The molecule has 1 fully saturated rings. The number of benzene rings is 1. The Morgan fingerprint density at radius 3 is 2.52 bits per heavy atom. The Kier molecular flexibility index (Phi) is 5.28. The van der Waals surface area contributed by atoms with Crippen molar-refractivity contribution < 1.29 is 18.7 Å². The molecule has 2 amide bonds. The quantitative estimate of drug-likeness (QED) is 0.838. The van der Waals surface area contributed by atoms with Crippen LogP contribution in [-0.2, 0) is 4.79 Å². The number of carbonyl (C=O) groups excluding carboxylic acids is 2. The van der Waals surface area contributed by atoms with Crippen molar-refractivity contribution in [2.75, 3.05) is 32.8 Å². The molecule has 0 unspecified atom stereocenters. The number of hydrogen-bond donors (Lipinski definition) is 0. The van der Waals surface area contributed by atoms with Gasteiger partial charge in [-0.2, -0.15) is 0 Å². The van der Waals surface area contributed by atoms with Gasteiger partial charge in [-0.1, -0.05) is 11.6 Å².